The summed E-state index contributed by atoms with van der Waals surface area (Å²) in [5, 5.41) is 12.4. The summed E-state index contributed by atoms with van der Waals surface area (Å²) in [6, 6.07) is 29.5. The van der Waals surface area contributed by atoms with Gasteiger partial charge < -0.3 is 19.5 Å². The number of anilines is 1. The molecule has 0 radical (unpaired) electrons. The molecule has 1 unspecified atom stereocenters. The van der Waals surface area contributed by atoms with Crippen molar-refractivity contribution >= 4 is 29.3 Å². The van der Waals surface area contributed by atoms with Crippen LogP contribution < -0.4 is 15.0 Å². The summed E-state index contributed by atoms with van der Waals surface area (Å²) < 4.78 is 12.7. The third kappa shape index (κ3) is 7.30. The first-order chi connectivity index (χ1) is 27.7. The van der Waals surface area contributed by atoms with E-state index in [4.69, 9.17) is 9.47 Å². The number of benzene rings is 4. The lowest BCUT2D eigenvalue weighted by molar-refractivity contribution is -0.136. The van der Waals surface area contributed by atoms with Crippen LogP contribution in [0.4, 0.5) is 5.69 Å². The SMILES string of the molecule is O=C1CCC(N2C(=O)c3ccc(N4CCC5(CC4)CN(CCCOc4ccc([C@@H]6c7ccc(O)cc7CC[C@@H]6c6ccccc6)cc4)CCO5)cc3C2=O)C(=O)N1. The van der Waals surface area contributed by atoms with Crippen molar-refractivity contribution in [1.82, 2.24) is 15.1 Å². The minimum Gasteiger partial charge on any atom is -0.508 e. The number of ether oxygens (including phenoxy) is 2. The zero-order chi connectivity index (χ0) is 39.1. The third-order valence-corrected chi connectivity index (χ3v) is 12.7. The topological polar surface area (TPSA) is 129 Å². The molecule has 0 bridgehead atoms. The maximum absolute atomic E-state index is 13.4. The Bertz CT molecular complexity index is 2180. The summed E-state index contributed by atoms with van der Waals surface area (Å²) in [6.07, 6.45) is 4.79. The molecule has 0 saturated carbocycles. The molecule has 4 heterocycles. The Balaban J connectivity index is 0.773. The number of aryl methyl sites for hydroxylation is 1. The highest BCUT2D eigenvalue weighted by molar-refractivity contribution is 6.23. The van der Waals surface area contributed by atoms with Gasteiger partial charge in [0.2, 0.25) is 11.8 Å². The highest BCUT2D eigenvalue weighted by atomic mass is 16.5. The number of imide groups is 2. The van der Waals surface area contributed by atoms with Crippen molar-refractivity contribution in [2.45, 2.75) is 68.4 Å². The number of carbonyl (C=O) groups excluding carboxylic acids is 4. The standard InChI is InChI=1S/C46H48N4O7/c51-34-11-16-37-32(27-34)9-14-36(30-5-2-1-3-6-30)42(37)31-7-12-35(13-8-31)56-25-4-21-48-24-26-57-46(29-48)19-22-49(23-20-46)33-10-15-38-39(28-33)45(55)50(44(38)54)40-17-18-41(52)47-43(40)53/h1-3,5-8,10-13,15-16,27-28,36,40,42,51H,4,9,14,17-26,29H2,(H,47,52,53)/t36-,40?,42+/m1/s1. The molecule has 3 fully saturated rings. The minimum absolute atomic E-state index is 0.0915. The van der Waals surface area contributed by atoms with E-state index in [0.717, 1.165) is 81.2 Å². The lowest BCUT2D eigenvalue weighted by atomic mass is 9.69. The van der Waals surface area contributed by atoms with E-state index < -0.39 is 29.7 Å². The molecule has 1 aliphatic carbocycles. The van der Waals surface area contributed by atoms with E-state index >= 15 is 0 Å². The van der Waals surface area contributed by atoms with Gasteiger partial charge in [0.25, 0.3) is 11.8 Å². The molecule has 2 N–H and O–H groups in total. The molecule has 9 rings (SSSR count). The predicted octanol–water partition coefficient (Wildman–Crippen LogP) is 5.80. The summed E-state index contributed by atoms with van der Waals surface area (Å²) in [7, 11) is 0. The number of aromatic hydroxyl groups is 1. The Morgan fingerprint density at radius 2 is 1.60 bits per heavy atom. The molecule has 0 aromatic heterocycles. The van der Waals surface area contributed by atoms with Crippen LogP contribution in [-0.2, 0) is 20.7 Å². The molecule has 4 amide bonds. The third-order valence-electron chi connectivity index (χ3n) is 12.7. The van der Waals surface area contributed by atoms with Crippen molar-refractivity contribution in [2.24, 2.45) is 0 Å². The number of hydrogen-bond acceptors (Lipinski definition) is 9. The molecule has 4 aliphatic heterocycles. The summed E-state index contributed by atoms with van der Waals surface area (Å²) in [5.74, 6) is -0.234. The van der Waals surface area contributed by atoms with Gasteiger partial charge in [-0.05, 0) is 109 Å². The van der Waals surface area contributed by atoms with Crippen molar-refractivity contribution in [1.29, 1.82) is 0 Å². The molecule has 294 valence electrons. The monoisotopic (exact) mass is 768 g/mol. The fourth-order valence-corrected chi connectivity index (χ4v) is 9.77. The molecule has 5 aliphatic rings. The van der Waals surface area contributed by atoms with E-state index in [1.54, 1.807) is 12.1 Å². The second-order valence-electron chi connectivity index (χ2n) is 16.2. The molecule has 4 aromatic carbocycles. The summed E-state index contributed by atoms with van der Waals surface area (Å²) >= 11 is 0. The Morgan fingerprint density at radius 1 is 0.807 bits per heavy atom. The summed E-state index contributed by atoms with van der Waals surface area (Å²) in [6.45, 7) is 5.47. The molecule has 57 heavy (non-hydrogen) atoms. The predicted molar refractivity (Wildman–Crippen MR) is 214 cm³/mol. The number of nitrogens with zero attached hydrogens (tertiary/aromatic N) is 3. The molecule has 1 spiro atoms. The van der Waals surface area contributed by atoms with E-state index in [-0.39, 0.29) is 24.4 Å². The first kappa shape index (κ1) is 37.1. The van der Waals surface area contributed by atoms with Crippen LogP contribution in [0.15, 0.2) is 91.0 Å². The number of fused-ring (bicyclic) bond motifs is 2. The number of phenolic OH excluding ortho intramolecular Hbond substituents is 1. The largest absolute Gasteiger partial charge is 0.508 e. The van der Waals surface area contributed by atoms with Gasteiger partial charge in [0, 0.05) is 50.7 Å². The van der Waals surface area contributed by atoms with Gasteiger partial charge >= 0.3 is 0 Å². The van der Waals surface area contributed by atoms with Crippen LogP contribution in [-0.4, -0.2) is 96.1 Å². The number of phenols is 1. The maximum atomic E-state index is 13.4. The van der Waals surface area contributed by atoms with E-state index in [9.17, 15) is 24.3 Å². The Kier molecular flexibility index (Phi) is 10.0. The second-order valence-corrected chi connectivity index (χ2v) is 16.2. The van der Waals surface area contributed by atoms with Crippen LogP contribution in [0.2, 0.25) is 0 Å². The van der Waals surface area contributed by atoms with E-state index in [1.165, 1.54) is 22.3 Å². The Labute approximate surface area is 332 Å². The number of hydrogen-bond donors (Lipinski definition) is 2. The first-order valence-corrected chi connectivity index (χ1v) is 20.3. The van der Waals surface area contributed by atoms with Gasteiger partial charge in [0.05, 0.1) is 29.9 Å². The molecule has 3 saturated heterocycles. The van der Waals surface area contributed by atoms with Crippen LogP contribution in [0.5, 0.6) is 11.5 Å². The Morgan fingerprint density at radius 3 is 2.39 bits per heavy atom. The zero-order valence-electron chi connectivity index (χ0n) is 32.0. The average Bonchev–Trinajstić information content (AvgIpc) is 3.47. The highest BCUT2D eigenvalue weighted by Gasteiger charge is 2.45. The highest BCUT2D eigenvalue weighted by Crippen LogP contribution is 2.47. The lowest BCUT2D eigenvalue weighted by Gasteiger charge is -2.48. The van der Waals surface area contributed by atoms with Gasteiger partial charge in [0.1, 0.15) is 17.5 Å². The smallest absolute Gasteiger partial charge is 0.262 e. The molecular weight excluding hydrogens is 721 g/mol. The van der Waals surface area contributed by atoms with Crippen LogP contribution in [0.25, 0.3) is 0 Å². The van der Waals surface area contributed by atoms with E-state index in [1.807, 2.05) is 18.2 Å². The van der Waals surface area contributed by atoms with Crippen LogP contribution in [0.3, 0.4) is 0 Å². The number of nitrogens with one attached hydrogen (secondary N) is 1. The van der Waals surface area contributed by atoms with Crippen LogP contribution in [0, 0.1) is 0 Å². The number of rotatable bonds is 9. The summed E-state index contributed by atoms with van der Waals surface area (Å²) in [5.41, 5.74) is 6.33. The summed E-state index contributed by atoms with van der Waals surface area (Å²) in [4.78, 5) is 56.4. The fraction of sp³-hybridized carbons (Fsp3) is 0.391. The van der Waals surface area contributed by atoms with Crippen LogP contribution >= 0.6 is 0 Å². The molecule has 4 aromatic rings. The number of carbonyl (C=O) groups is 4. The zero-order valence-corrected chi connectivity index (χ0v) is 32.0. The normalized spacial score (nSPS) is 23.3. The molecule has 3 atom stereocenters. The average molecular weight is 769 g/mol. The molecule has 11 heteroatoms. The maximum Gasteiger partial charge on any atom is 0.262 e. The van der Waals surface area contributed by atoms with E-state index in [2.05, 4.69) is 75.8 Å². The van der Waals surface area contributed by atoms with Gasteiger partial charge in [0.15, 0.2) is 0 Å². The van der Waals surface area contributed by atoms with E-state index in [0.29, 0.717) is 36.0 Å². The van der Waals surface area contributed by atoms with Gasteiger partial charge in [-0.2, -0.15) is 0 Å². The molecule has 11 nitrogen and oxygen atoms in total. The minimum atomic E-state index is -0.977. The number of morpholine rings is 1. The quantitative estimate of drug-likeness (QED) is 0.161. The lowest BCUT2D eigenvalue weighted by Crippen LogP contribution is -2.57. The van der Waals surface area contributed by atoms with Gasteiger partial charge in [-0.3, -0.25) is 34.3 Å². The van der Waals surface area contributed by atoms with Crippen LogP contribution in [0.1, 0.15) is 93.3 Å². The van der Waals surface area contributed by atoms with Crippen molar-refractivity contribution in [3.8, 4) is 11.5 Å². The van der Waals surface area contributed by atoms with Crippen molar-refractivity contribution in [2.75, 3.05) is 50.8 Å². The molecular formula is C46H48N4O7. The van der Waals surface area contributed by atoms with Gasteiger partial charge in [-0.15, -0.1) is 0 Å². The Hall–Kier alpha value is -5.52. The number of piperidine rings is 2. The van der Waals surface area contributed by atoms with Gasteiger partial charge in [-0.25, -0.2) is 0 Å². The number of amides is 4. The van der Waals surface area contributed by atoms with Crippen molar-refractivity contribution in [3.63, 3.8) is 0 Å². The van der Waals surface area contributed by atoms with Crippen molar-refractivity contribution < 1.29 is 33.8 Å². The first-order valence-electron chi connectivity index (χ1n) is 20.3. The van der Waals surface area contributed by atoms with Gasteiger partial charge in [-0.1, -0.05) is 48.5 Å². The second kappa shape index (κ2) is 15.4. The fourth-order valence-electron chi connectivity index (χ4n) is 9.77. The van der Waals surface area contributed by atoms with Crippen molar-refractivity contribution in [3.05, 3.63) is 124 Å².